The first-order chi connectivity index (χ1) is 13.5. The number of anilines is 1. The van der Waals surface area contributed by atoms with Gasteiger partial charge in [-0.25, -0.2) is 4.79 Å². The Hall–Kier alpha value is -3.00. The maximum absolute atomic E-state index is 12.3. The van der Waals surface area contributed by atoms with Crippen LogP contribution in [-0.2, 0) is 4.79 Å². The summed E-state index contributed by atoms with van der Waals surface area (Å²) >= 11 is 1.27. The number of methoxy groups -OCH3 is 1. The summed E-state index contributed by atoms with van der Waals surface area (Å²) in [6.45, 7) is 3.92. The van der Waals surface area contributed by atoms with Gasteiger partial charge in [0.05, 0.1) is 7.11 Å². The maximum atomic E-state index is 12.3. The zero-order valence-electron chi connectivity index (χ0n) is 15.9. The Labute approximate surface area is 166 Å². The number of nitrogens with zero attached hydrogens (tertiary/aromatic N) is 1. The van der Waals surface area contributed by atoms with Crippen molar-refractivity contribution in [3.05, 3.63) is 64.0 Å². The summed E-state index contributed by atoms with van der Waals surface area (Å²) in [6, 6.07) is 13.1. The molecule has 0 aliphatic heterocycles. The standard InChI is InChI=1S/C20H21N3O4S/c1-13-5-4-6-14(2)18(13)21-17(24)11-12-28-19-20(25)27-22-23(19)15-7-9-16(26-3)10-8-15/h4-10H,11-12H2,1-3H3,(H-,21,22,24,25)/p+1. The average molecular weight is 400 g/mol. The Balaban J connectivity index is 1.64. The zero-order valence-corrected chi connectivity index (χ0v) is 16.8. The van der Waals surface area contributed by atoms with Gasteiger partial charge in [-0.2, -0.15) is 0 Å². The third-order valence-corrected chi connectivity index (χ3v) is 5.28. The van der Waals surface area contributed by atoms with E-state index in [1.54, 1.807) is 23.9 Å². The molecule has 3 aromatic rings. The van der Waals surface area contributed by atoms with Gasteiger partial charge in [0.25, 0.3) is 0 Å². The largest absolute Gasteiger partial charge is 0.497 e. The Morgan fingerprint density at radius 2 is 1.86 bits per heavy atom. The van der Waals surface area contributed by atoms with Crippen molar-refractivity contribution in [2.75, 3.05) is 18.2 Å². The monoisotopic (exact) mass is 400 g/mol. The second-order valence-electron chi connectivity index (χ2n) is 6.23. The molecule has 0 bridgehead atoms. The summed E-state index contributed by atoms with van der Waals surface area (Å²) < 4.78 is 11.6. The summed E-state index contributed by atoms with van der Waals surface area (Å²) in [7, 11) is 1.59. The van der Waals surface area contributed by atoms with Gasteiger partial charge in [0, 0.05) is 30.0 Å². The lowest BCUT2D eigenvalue weighted by molar-refractivity contribution is -0.704. The second kappa shape index (κ2) is 8.79. The van der Waals surface area contributed by atoms with Crippen LogP contribution in [0, 0.1) is 13.8 Å². The fraction of sp³-hybridized carbons (Fsp3) is 0.250. The van der Waals surface area contributed by atoms with Gasteiger partial charge in [0.15, 0.2) is 0 Å². The average Bonchev–Trinajstić information content (AvgIpc) is 3.05. The van der Waals surface area contributed by atoms with Crippen LogP contribution < -0.4 is 20.4 Å². The van der Waals surface area contributed by atoms with Crippen LogP contribution in [0.2, 0.25) is 0 Å². The van der Waals surface area contributed by atoms with Crippen molar-refractivity contribution < 1.29 is 18.7 Å². The molecule has 2 N–H and O–H groups in total. The van der Waals surface area contributed by atoms with Gasteiger partial charge in [0.2, 0.25) is 11.6 Å². The molecule has 0 radical (unpaired) electrons. The van der Waals surface area contributed by atoms with Crippen molar-refractivity contribution in [3.63, 3.8) is 0 Å². The molecule has 0 aliphatic rings. The molecule has 0 unspecified atom stereocenters. The first-order valence-corrected chi connectivity index (χ1v) is 9.75. The van der Waals surface area contributed by atoms with Crippen LogP contribution in [0.3, 0.4) is 0 Å². The molecule has 146 valence electrons. The number of hydrogen-bond acceptors (Lipinski definition) is 5. The van der Waals surface area contributed by atoms with E-state index < -0.39 is 5.63 Å². The Kier molecular flexibility index (Phi) is 6.20. The van der Waals surface area contributed by atoms with Gasteiger partial charge in [0.1, 0.15) is 5.75 Å². The van der Waals surface area contributed by atoms with Crippen LogP contribution in [0.15, 0.2) is 56.8 Å². The number of ether oxygens (including phenoxy) is 1. The summed E-state index contributed by atoms with van der Waals surface area (Å²) in [6.07, 6.45) is 0.270. The van der Waals surface area contributed by atoms with Crippen molar-refractivity contribution in [2.45, 2.75) is 25.3 Å². The number of aromatic nitrogens is 2. The lowest BCUT2D eigenvalue weighted by atomic mass is 10.1. The smallest absolute Gasteiger partial charge is 0.442 e. The minimum atomic E-state index is -0.476. The Morgan fingerprint density at radius 1 is 1.18 bits per heavy atom. The van der Waals surface area contributed by atoms with Crippen molar-refractivity contribution in [3.8, 4) is 11.4 Å². The van der Waals surface area contributed by atoms with Crippen LogP contribution in [0.1, 0.15) is 17.5 Å². The SMILES string of the molecule is COc1ccc(-[n+]2[nH]oc(=O)c2SCCC(=O)Nc2c(C)cccc2C)cc1. The molecule has 0 atom stereocenters. The van der Waals surface area contributed by atoms with E-state index in [2.05, 4.69) is 10.6 Å². The van der Waals surface area contributed by atoms with E-state index in [4.69, 9.17) is 9.26 Å². The quantitative estimate of drug-likeness (QED) is 0.470. The number of carbonyl (C=O) groups excluding carboxylic acids is 1. The number of carbonyl (C=O) groups is 1. The number of H-pyrrole nitrogens is 1. The molecule has 1 aromatic heterocycles. The first-order valence-electron chi connectivity index (χ1n) is 8.76. The number of hydrogen-bond donors (Lipinski definition) is 2. The van der Waals surface area contributed by atoms with Crippen LogP contribution in [0.4, 0.5) is 5.69 Å². The highest BCUT2D eigenvalue weighted by Gasteiger charge is 2.24. The fourth-order valence-corrected chi connectivity index (χ4v) is 3.65. The third-order valence-electron chi connectivity index (χ3n) is 4.25. The molecule has 0 spiro atoms. The molecule has 0 saturated heterocycles. The van der Waals surface area contributed by atoms with Crippen molar-refractivity contribution >= 4 is 23.4 Å². The van der Waals surface area contributed by atoms with Crippen molar-refractivity contribution in [2.24, 2.45) is 0 Å². The van der Waals surface area contributed by atoms with E-state index in [-0.39, 0.29) is 12.3 Å². The van der Waals surface area contributed by atoms with Gasteiger partial charge in [-0.3, -0.25) is 9.32 Å². The normalized spacial score (nSPS) is 10.7. The topological polar surface area (TPSA) is 88.2 Å². The third kappa shape index (κ3) is 4.45. The van der Waals surface area contributed by atoms with E-state index in [1.165, 1.54) is 11.8 Å². The number of benzene rings is 2. The second-order valence-corrected chi connectivity index (χ2v) is 7.32. The number of aromatic amines is 1. The highest BCUT2D eigenvalue weighted by molar-refractivity contribution is 7.99. The predicted molar refractivity (Wildman–Crippen MR) is 107 cm³/mol. The summed E-state index contributed by atoms with van der Waals surface area (Å²) in [5.41, 5.74) is 3.13. The fourth-order valence-electron chi connectivity index (χ4n) is 2.74. The lowest BCUT2D eigenvalue weighted by Gasteiger charge is -2.10. The van der Waals surface area contributed by atoms with E-state index in [9.17, 15) is 9.59 Å². The van der Waals surface area contributed by atoms with Crippen molar-refractivity contribution in [1.29, 1.82) is 0 Å². The number of thioether (sulfide) groups is 1. The highest BCUT2D eigenvalue weighted by Crippen LogP contribution is 2.20. The van der Waals surface area contributed by atoms with E-state index in [0.29, 0.717) is 16.5 Å². The summed E-state index contributed by atoms with van der Waals surface area (Å²) in [5, 5.41) is 5.92. The first kappa shape index (κ1) is 19.8. The molecule has 28 heavy (non-hydrogen) atoms. The van der Waals surface area contributed by atoms with Crippen LogP contribution in [0.5, 0.6) is 5.75 Å². The summed E-state index contributed by atoms with van der Waals surface area (Å²) in [4.78, 5) is 24.3. The minimum absolute atomic E-state index is 0.0965. The van der Waals surface area contributed by atoms with Gasteiger partial charge in [-0.05, 0) is 58.8 Å². The number of nitrogens with one attached hydrogen (secondary N) is 2. The van der Waals surface area contributed by atoms with E-state index in [1.807, 2.05) is 44.2 Å². The number of amides is 1. The Bertz CT molecular complexity index is 1000. The van der Waals surface area contributed by atoms with Gasteiger partial charge in [-0.15, -0.1) is 0 Å². The van der Waals surface area contributed by atoms with Gasteiger partial charge < -0.3 is 10.1 Å². The Morgan fingerprint density at radius 3 is 2.50 bits per heavy atom. The molecule has 1 amide bonds. The molecule has 0 aliphatic carbocycles. The molecule has 8 heteroatoms. The van der Waals surface area contributed by atoms with Gasteiger partial charge >= 0.3 is 10.7 Å². The van der Waals surface area contributed by atoms with Crippen LogP contribution in [-0.4, -0.2) is 24.0 Å². The zero-order chi connectivity index (χ0) is 20.1. The van der Waals surface area contributed by atoms with E-state index in [0.717, 1.165) is 22.5 Å². The number of para-hydroxylation sites is 1. The molecule has 0 fully saturated rings. The van der Waals surface area contributed by atoms with Crippen LogP contribution in [0.25, 0.3) is 5.69 Å². The minimum Gasteiger partial charge on any atom is -0.497 e. The number of aryl methyl sites for hydroxylation is 2. The van der Waals surface area contributed by atoms with Gasteiger partial charge in [-0.1, -0.05) is 18.2 Å². The molecular weight excluding hydrogens is 378 g/mol. The number of rotatable bonds is 7. The molecule has 2 aromatic carbocycles. The molecule has 1 heterocycles. The predicted octanol–water partition coefficient (Wildman–Crippen LogP) is 2.99. The molecular formula is C20H22N3O4S+. The van der Waals surface area contributed by atoms with Crippen LogP contribution >= 0.6 is 11.8 Å². The molecule has 7 nitrogen and oxygen atoms in total. The van der Waals surface area contributed by atoms with E-state index >= 15 is 0 Å². The maximum Gasteiger partial charge on any atom is 0.442 e. The molecule has 3 rings (SSSR count). The van der Waals surface area contributed by atoms with Crippen molar-refractivity contribution in [1.82, 2.24) is 5.27 Å². The summed E-state index contributed by atoms with van der Waals surface area (Å²) in [5.74, 6) is 1.06. The molecule has 0 saturated carbocycles. The highest BCUT2D eigenvalue weighted by atomic mass is 32.2. The lowest BCUT2D eigenvalue weighted by Crippen LogP contribution is -2.36.